The van der Waals surface area contributed by atoms with Gasteiger partial charge >= 0.3 is 0 Å². The fraction of sp³-hybridized carbons (Fsp3) is 0.714. The maximum absolute atomic E-state index is 11.3. The van der Waals surface area contributed by atoms with Gasteiger partial charge in [0.1, 0.15) is 0 Å². The quantitative estimate of drug-likeness (QED) is 0.788. The first-order valence-corrected chi connectivity index (χ1v) is 7.56. The van der Waals surface area contributed by atoms with Crippen LogP contribution in [-0.2, 0) is 16.8 Å². The van der Waals surface area contributed by atoms with Crippen LogP contribution in [0, 0.1) is 5.92 Å². The minimum Gasteiger partial charge on any atom is -0.355 e. The highest BCUT2D eigenvalue weighted by atomic mass is 32.1. The molecule has 1 rings (SSSR count). The number of thiazole rings is 1. The Morgan fingerprint density at radius 3 is 2.58 bits per heavy atom. The minimum atomic E-state index is 0.0517. The maximum Gasteiger partial charge on any atom is 0.222 e. The summed E-state index contributed by atoms with van der Waals surface area (Å²) in [6.07, 6.45) is 1.94. The van der Waals surface area contributed by atoms with Crippen LogP contribution in [0.4, 0.5) is 0 Å². The molecule has 5 heteroatoms. The maximum atomic E-state index is 11.3. The van der Waals surface area contributed by atoms with Gasteiger partial charge in [0, 0.05) is 42.0 Å². The first-order chi connectivity index (χ1) is 8.80. The van der Waals surface area contributed by atoms with Gasteiger partial charge in [0.25, 0.3) is 0 Å². The molecule has 1 amide bonds. The van der Waals surface area contributed by atoms with E-state index in [1.165, 1.54) is 4.88 Å². The zero-order valence-electron chi connectivity index (χ0n) is 12.5. The Labute approximate surface area is 120 Å². The Bertz CT molecular complexity index is 407. The zero-order chi connectivity index (χ0) is 14.5. The van der Waals surface area contributed by atoms with Gasteiger partial charge in [-0.15, -0.1) is 11.3 Å². The number of carbonyl (C=O) groups is 1. The molecule has 1 heterocycles. The third kappa shape index (κ3) is 5.70. The second-order valence-corrected chi connectivity index (χ2v) is 7.12. The molecular weight excluding hydrogens is 258 g/mol. The van der Waals surface area contributed by atoms with Gasteiger partial charge in [0.15, 0.2) is 0 Å². The van der Waals surface area contributed by atoms with Gasteiger partial charge in [-0.05, 0) is 0 Å². The fourth-order valence-electron chi connectivity index (χ4n) is 1.43. The molecular formula is C14H25N3OS. The molecule has 0 aliphatic carbocycles. The summed E-state index contributed by atoms with van der Waals surface area (Å²) in [4.78, 5) is 17.0. The van der Waals surface area contributed by atoms with Crippen LogP contribution in [0.5, 0.6) is 0 Å². The van der Waals surface area contributed by atoms with Crippen molar-refractivity contribution < 1.29 is 4.79 Å². The average Bonchev–Trinajstić information content (AvgIpc) is 2.76. The highest BCUT2D eigenvalue weighted by Gasteiger charge is 2.17. The topological polar surface area (TPSA) is 54.0 Å². The molecule has 0 spiro atoms. The lowest BCUT2D eigenvalue weighted by Crippen LogP contribution is -2.33. The average molecular weight is 283 g/mol. The lowest BCUT2D eigenvalue weighted by Gasteiger charge is -2.13. The molecule has 1 aromatic heterocycles. The molecule has 0 unspecified atom stereocenters. The Hall–Kier alpha value is -0.940. The molecule has 0 aliphatic heterocycles. The highest BCUT2D eigenvalue weighted by Crippen LogP contribution is 2.26. The van der Waals surface area contributed by atoms with Crippen LogP contribution in [0.1, 0.15) is 44.5 Å². The first kappa shape index (κ1) is 16.1. The summed E-state index contributed by atoms with van der Waals surface area (Å²) < 4.78 is 0. The third-order valence-electron chi connectivity index (χ3n) is 2.62. The molecule has 0 fully saturated rings. The lowest BCUT2D eigenvalue weighted by molar-refractivity contribution is -0.123. The van der Waals surface area contributed by atoms with E-state index in [2.05, 4.69) is 36.4 Å². The van der Waals surface area contributed by atoms with E-state index in [1.807, 2.05) is 20.0 Å². The van der Waals surface area contributed by atoms with Gasteiger partial charge in [-0.2, -0.15) is 0 Å². The van der Waals surface area contributed by atoms with Crippen molar-refractivity contribution in [2.24, 2.45) is 5.92 Å². The molecule has 19 heavy (non-hydrogen) atoms. The van der Waals surface area contributed by atoms with E-state index in [9.17, 15) is 4.79 Å². The standard InChI is InChI=1S/C14H25N3OS/c1-10(2)12(18)16-7-6-15-8-11-9-17-13(19-11)14(3,4)5/h9-10,15H,6-8H2,1-5H3,(H,16,18). The van der Waals surface area contributed by atoms with E-state index < -0.39 is 0 Å². The molecule has 0 radical (unpaired) electrons. The van der Waals surface area contributed by atoms with Crippen molar-refractivity contribution in [1.82, 2.24) is 15.6 Å². The molecule has 4 nitrogen and oxygen atoms in total. The number of rotatable bonds is 6. The fourth-order valence-corrected chi connectivity index (χ4v) is 2.37. The van der Waals surface area contributed by atoms with Crippen LogP contribution < -0.4 is 10.6 Å². The number of carbonyl (C=O) groups excluding carboxylic acids is 1. The summed E-state index contributed by atoms with van der Waals surface area (Å²) in [6.45, 7) is 12.6. The Kier molecular flexibility index (Phi) is 5.94. The number of aromatic nitrogens is 1. The number of nitrogens with zero attached hydrogens (tertiary/aromatic N) is 1. The molecule has 0 saturated carbocycles. The summed E-state index contributed by atoms with van der Waals surface area (Å²) in [5.74, 6) is 0.158. The Balaban J connectivity index is 2.23. The molecule has 0 aliphatic rings. The highest BCUT2D eigenvalue weighted by molar-refractivity contribution is 7.11. The second-order valence-electron chi connectivity index (χ2n) is 6.00. The molecule has 2 N–H and O–H groups in total. The number of hydrogen-bond donors (Lipinski definition) is 2. The van der Waals surface area contributed by atoms with Crippen LogP contribution in [0.25, 0.3) is 0 Å². The minimum absolute atomic E-state index is 0.0517. The third-order valence-corrected chi connectivity index (χ3v) is 4.04. The number of nitrogens with one attached hydrogen (secondary N) is 2. The van der Waals surface area contributed by atoms with Gasteiger partial charge in [0.2, 0.25) is 5.91 Å². The van der Waals surface area contributed by atoms with Crippen molar-refractivity contribution >= 4 is 17.2 Å². The van der Waals surface area contributed by atoms with E-state index in [-0.39, 0.29) is 17.2 Å². The predicted octanol–water partition coefficient (Wildman–Crippen LogP) is 2.30. The van der Waals surface area contributed by atoms with E-state index in [0.717, 1.165) is 18.1 Å². The Morgan fingerprint density at radius 2 is 2.05 bits per heavy atom. The molecule has 0 saturated heterocycles. The first-order valence-electron chi connectivity index (χ1n) is 6.74. The van der Waals surface area contributed by atoms with Crippen LogP contribution in [0.2, 0.25) is 0 Å². The van der Waals surface area contributed by atoms with Gasteiger partial charge in [-0.3, -0.25) is 4.79 Å². The monoisotopic (exact) mass is 283 g/mol. The van der Waals surface area contributed by atoms with Crippen molar-refractivity contribution in [1.29, 1.82) is 0 Å². The Morgan fingerprint density at radius 1 is 1.37 bits per heavy atom. The summed E-state index contributed by atoms with van der Waals surface area (Å²) >= 11 is 1.75. The van der Waals surface area contributed by atoms with Gasteiger partial charge in [0.05, 0.1) is 5.01 Å². The van der Waals surface area contributed by atoms with Gasteiger partial charge in [-0.1, -0.05) is 34.6 Å². The number of hydrogen-bond acceptors (Lipinski definition) is 4. The lowest BCUT2D eigenvalue weighted by atomic mass is 9.98. The molecule has 0 bridgehead atoms. The van der Waals surface area contributed by atoms with Crippen molar-refractivity contribution in [3.05, 3.63) is 16.1 Å². The van der Waals surface area contributed by atoms with Crippen LogP contribution in [0.15, 0.2) is 6.20 Å². The van der Waals surface area contributed by atoms with E-state index in [1.54, 1.807) is 11.3 Å². The van der Waals surface area contributed by atoms with Crippen molar-refractivity contribution in [3.8, 4) is 0 Å². The van der Waals surface area contributed by atoms with E-state index >= 15 is 0 Å². The van der Waals surface area contributed by atoms with Gasteiger partial charge < -0.3 is 10.6 Å². The normalized spacial score (nSPS) is 11.9. The molecule has 108 valence electrons. The zero-order valence-corrected chi connectivity index (χ0v) is 13.4. The number of amides is 1. The summed E-state index contributed by atoms with van der Waals surface area (Å²) in [6, 6.07) is 0. The van der Waals surface area contributed by atoms with Crippen LogP contribution in [0.3, 0.4) is 0 Å². The second kappa shape index (κ2) is 7.01. The molecule has 1 aromatic rings. The summed E-state index contributed by atoms with van der Waals surface area (Å²) in [7, 11) is 0. The van der Waals surface area contributed by atoms with Crippen molar-refractivity contribution in [2.45, 2.75) is 46.6 Å². The smallest absolute Gasteiger partial charge is 0.222 e. The molecule has 0 aromatic carbocycles. The SMILES string of the molecule is CC(C)C(=O)NCCNCc1cnc(C(C)(C)C)s1. The van der Waals surface area contributed by atoms with Crippen molar-refractivity contribution in [2.75, 3.05) is 13.1 Å². The van der Waals surface area contributed by atoms with E-state index in [0.29, 0.717) is 6.54 Å². The molecule has 0 atom stereocenters. The predicted molar refractivity (Wildman–Crippen MR) is 80.4 cm³/mol. The summed E-state index contributed by atoms with van der Waals surface area (Å²) in [5, 5.41) is 7.36. The van der Waals surface area contributed by atoms with Gasteiger partial charge in [-0.25, -0.2) is 4.98 Å². The summed E-state index contributed by atoms with van der Waals surface area (Å²) in [5.41, 5.74) is 0.119. The van der Waals surface area contributed by atoms with Crippen LogP contribution >= 0.6 is 11.3 Å². The van der Waals surface area contributed by atoms with Crippen LogP contribution in [-0.4, -0.2) is 24.0 Å². The van der Waals surface area contributed by atoms with E-state index in [4.69, 9.17) is 0 Å². The largest absolute Gasteiger partial charge is 0.355 e. The van der Waals surface area contributed by atoms with Crippen molar-refractivity contribution in [3.63, 3.8) is 0 Å².